The van der Waals surface area contributed by atoms with E-state index in [-0.39, 0.29) is 12.0 Å². The van der Waals surface area contributed by atoms with Crippen LogP contribution in [0.25, 0.3) is 0 Å². The van der Waals surface area contributed by atoms with Gasteiger partial charge in [0.2, 0.25) is 5.88 Å². The Morgan fingerprint density at radius 3 is 2.28 bits per heavy atom. The first-order valence-corrected chi connectivity index (χ1v) is 11.0. The summed E-state index contributed by atoms with van der Waals surface area (Å²) in [5, 5.41) is 0. The van der Waals surface area contributed by atoms with Crippen LogP contribution in [0.2, 0.25) is 0 Å². The Hall–Kier alpha value is -2.56. The first kappa shape index (κ1) is 18.5. The normalized spacial score (nSPS) is 26.4. The molecular formula is C24H29N3O2. The number of hydrogen-bond donors (Lipinski definition) is 0. The van der Waals surface area contributed by atoms with Crippen LogP contribution in [-0.4, -0.2) is 48.1 Å². The fourth-order valence-corrected chi connectivity index (χ4v) is 5.10. The summed E-state index contributed by atoms with van der Waals surface area (Å²) < 4.78 is 5.99. The summed E-state index contributed by atoms with van der Waals surface area (Å²) in [6.07, 6.45) is 8.07. The van der Waals surface area contributed by atoms with Gasteiger partial charge in [0.1, 0.15) is 6.10 Å². The van der Waals surface area contributed by atoms with Crippen molar-refractivity contribution < 1.29 is 9.53 Å². The number of benzene rings is 1. The number of carbonyl (C=O) groups is 1. The van der Waals surface area contributed by atoms with Crippen LogP contribution < -0.4 is 9.64 Å². The summed E-state index contributed by atoms with van der Waals surface area (Å²) in [6, 6.07) is 13.9. The Morgan fingerprint density at radius 1 is 0.897 bits per heavy atom. The highest BCUT2D eigenvalue weighted by molar-refractivity contribution is 5.94. The molecule has 1 aliphatic carbocycles. The number of rotatable bonds is 4. The van der Waals surface area contributed by atoms with Crippen LogP contribution in [0.15, 0.2) is 48.7 Å². The highest BCUT2D eigenvalue weighted by atomic mass is 16.5. The van der Waals surface area contributed by atoms with E-state index in [1.807, 2.05) is 30.3 Å². The molecule has 3 aliphatic heterocycles. The number of hydrogen-bond acceptors (Lipinski definition) is 4. The molecule has 4 fully saturated rings. The first-order chi connectivity index (χ1) is 14.2. The molecule has 29 heavy (non-hydrogen) atoms. The number of amides is 1. The van der Waals surface area contributed by atoms with Crippen molar-refractivity contribution in [2.45, 2.75) is 38.2 Å². The van der Waals surface area contributed by atoms with Crippen molar-refractivity contribution in [2.24, 2.45) is 11.8 Å². The zero-order valence-electron chi connectivity index (χ0n) is 16.9. The standard InChI is InChI=1S/C24H29N3O2/c28-24(27-15-18-4-5-19(16-27)7-6-18)20-8-10-21(11-9-20)26-14-12-22(17-26)29-23-3-1-2-13-25-23/h1-3,8-11,13,18-19,22H,4-7,12,14-17H2. The molecule has 4 heterocycles. The van der Waals surface area contributed by atoms with Gasteiger partial charge in [-0.1, -0.05) is 6.07 Å². The molecule has 5 nitrogen and oxygen atoms in total. The monoisotopic (exact) mass is 391 g/mol. The summed E-state index contributed by atoms with van der Waals surface area (Å²) in [6.45, 7) is 3.69. The minimum absolute atomic E-state index is 0.152. The van der Waals surface area contributed by atoms with Crippen molar-refractivity contribution in [1.82, 2.24) is 9.88 Å². The number of fused-ring (bicyclic) bond motifs is 4. The molecule has 2 aromatic rings. The van der Waals surface area contributed by atoms with E-state index in [0.717, 1.165) is 43.9 Å². The zero-order valence-corrected chi connectivity index (χ0v) is 16.9. The van der Waals surface area contributed by atoms with Crippen molar-refractivity contribution in [3.63, 3.8) is 0 Å². The SMILES string of the molecule is O=C(c1ccc(N2CCC(Oc3ccccn3)C2)cc1)N1CC2CCC(CC2)C1. The van der Waals surface area contributed by atoms with Crippen molar-refractivity contribution in [1.29, 1.82) is 0 Å². The summed E-state index contributed by atoms with van der Waals surface area (Å²) in [5.74, 6) is 2.30. The summed E-state index contributed by atoms with van der Waals surface area (Å²) in [5.41, 5.74) is 1.97. The molecule has 152 valence electrons. The molecule has 0 radical (unpaired) electrons. The topological polar surface area (TPSA) is 45.7 Å². The van der Waals surface area contributed by atoms with E-state index in [1.54, 1.807) is 6.20 Å². The number of ether oxygens (including phenoxy) is 1. The second-order valence-electron chi connectivity index (χ2n) is 8.79. The second-order valence-corrected chi connectivity index (χ2v) is 8.79. The van der Waals surface area contributed by atoms with Gasteiger partial charge in [0.15, 0.2) is 0 Å². The summed E-state index contributed by atoms with van der Waals surface area (Å²) >= 11 is 0. The lowest BCUT2D eigenvalue weighted by molar-refractivity contribution is 0.0739. The van der Waals surface area contributed by atoms with Gasteiger partial charge in [-0.2, -0.15) is 0 Å². The molecule has 3 saturated heterocycles. The fourth-order valence-electron chi connectivity index (χ4n) is 5.10. The molecule has 1 aromatic carbocycles. The molecule has 2 bridgehead atoms. The Bertz CT molecular complexity index is 817. The van der Waals surface area contributed by atoms with Crippen molar-refractivity contribution in [2.75, 3.05) is 31.1 Å². The van der Waals surface area contributed by atoms with Crippen LogP contribution in [0, 0.1) is 11.8 Å². The van der Waals surface area contributed by atoms with Gasteiger partial charge in [-0.3, -0.25) is 4.79 Å². The Kier molecular flexibility index (Phi) is 5.13. The lowest BCUT2D eigenvalue weighted by atomic mass is 9.84. The third-order valence-electron chi connectivity index (χ3n) is 6.76. The van der Waals surface area contributed by atoms with Gasteiger partial charge in [0, 0.05) is 49.6 Å². The highest BCUT2D eigenvalue weighted by Crippen LogP contribution is 2.34. The summed E-state index contributed by atoms with van der Waals surface area (Å²) in [7, 11) is 0. The molecule has 1 atom stereocenters. The highest BCUT2D eigenvalue weighted by Gasteiger charge is 2.32. The number of aromatic nitrogens is 1. The van der Waals surface area contributed by atoms with Crippen LogP contribution in [0.4, 0.5) is 5.69 Å². The van der Waals surface area contributed by atoms with Gasteiger partial charge in [0.25, 0.3) is 5.91 Å². The molecule has 1 saturated carbocycles. The zero-order chi connectivity index (χ0) is 19.6. The first-order valence-electron chi connectivity index (χ1n) is 11.0. The Balaban J connectivity index is 1.21. The minimum Gasteiger partial charge on any atom is -0.472 e. The van der Waals surface area contributed by atoms with Crippen molar-refractivity contribution >= 4 is 11.6 Å². The maximum absolute atomic E-state index is 13.0. The van der Waals surface area contributed by atoms with Crippen LogP contribution >= 0.6 is 0 Å². The predicted octanol–water partition coefficient (Wildman–Crippen LogP) is 4.00. The van der Waals surface area contributed by atoms with Crippen LogP contribution in [0.5, 0.6) is 5.88 Å². The maximum atomic E-state index is 13.0. The van der Waals surface area contributed by atoms with E-state index in [0.29, 0.717) is 17.7 Å². The van der Waals surface area contributed by atoms with Gasteiger partial charge < -0.3 is 14.5 Å². The average Bonchev–Trinajstić information content (AvgIpc) is 3.02. The third-order valence-corrected chi connectivity index (χ3v) is 6.76. The van der Waals surface area contributed by atoms with Gasteiger partial charge in [-0.05, 0) is 67.9 Å². The average molecular weight is 392 g/mol. The molecule has 0 N–H and O–H groups in total. The van der Waals surface area contributed by atoms with Crippen LogP contribution in [0.1, 0.15) is 42.5 Å². The maximum Gasteiger partial charge on any atom is 0.253 e. The third kappa shape index (κ3) is 4.09. The molecule has 0 spiro atoms. The van der Waals surface area contributed by atoms with E-state index in [1.165, 1.54) is 25.7 Å². The molecule has 1 amide bonds. The van der Waals surface area contributed by atoms with E-state index in [4.69, 9.17) is 4.74 Å². The predicted molar refractivity (Wildman–Crippen MR) is 113 cm³/mol. The van der Waals surface area contributed by atoms with Gasteiger partial charge in [-0.25, -0.2) is 4.98 Å². The molecule has 5 heteroatoms. The quantitative estimate of drug-likeness (QED) is 0.790. The smallest absolute Gasteiger partial charge is 0.253 e. The molecule has 1 unspecified atom stereocenters. The Labute approximate surface area is 172 Å². The molecule has 1 aromatic heterocycles. The Morgan fingerprint density at radius 2 is 1.62 bits per heavy atom. The van der Waals surface area contributed by atoms with Crippen LogP contribution in [-0.2, 0) is 0 Å². The second kappa shape index (κ2) is 8.05. The van der Waals surface area contributed by atoms with E-state index in [9.17, 15) is 4.79 Å². The van der Waals surface area contributed by atoms with Gasteiger partial charge >= 0.3 is 0 Å². The van der Waals surface area contributed by atoms with E-state index < -0.39 is 0 Å². The lowest BCUT2D eigenvalue weighted by Crippen LogP contribution is -2.34. The fraction of sp³-hybridized carbons (Fsp3) is 0.500. The lowest BCUT2D eigenvalue weighted by Gasteiger charge is -2.23. The van der Waals surface area contributed by atoms with Crippen molar-refractivity contribution in [3.05, 3.63) is 54.2 Å². The van der Waals surface area contributed by atoms with E-state index >= 15 is 0 Å². The minimum atomic E-state index is 0.152. The number of pyridine rings is 1. The molecular weight excluding hydrogens is 362 g/mol. The number of nitrogens with zero attached hydrogens (tertiary/aromatic N) is 3. The molecule has 4 aliphatic rings. The molecule has 6 rings (SSSR count). The van der Waals surface area contributed by atoms with E-state index in [2.05, 4.69) is 26.9 Å². The van der Waals surface area contributed by atoms with Gasteiger partial charge in [0.05, 0.1) is 6.54 Å². The summed E-state index contributed by atoms with van der Waals surface area (Å²) in [4.78, 5) is 21.7. The number of carbonyl (C=O) groups excluding carboxylic acids is 1. The van der Waals surface area contributed by atoms with Crippen molar-refractivity contribution in [3.8, 4) is 5.88 Å². The largest absolute Gasteiger partial charge is 0.472 e. The number of anilines is 1. The van der Waals surface area contributed by atoms with Crippen LogP contribution in [0.3, 0.4) is 0 Å². The van der Waals surface area contributed by atoms with Gasteiger partial charge in [-0.15, -0.1) is 0 Å².